The third-order valence-corrected chi connectivity index (χ3v) is 14.5. The molecule has 0 saturated heterocycles. The average molecular weight is 832 g/mol. The van der Waals surface area contributed by atoms with E-state index < -0.39 is 6.85 Å². The maximum Gasteiger partial charge on any atom is 0.252 e. The number of hydrogen-bond donors (Lipinski definition) is 0. The molecule has 3 heteroatoms. The van der Waals surface area contributed by atoms with Gasteiger partial charge in [-0.25, -0.2) is 0 Å². The molecule has 3 aliphatic rings. The first kappa shape index (κ1) is 36.9. The van der Waals surface area contributed by atoms with Crippen molar-refractivity contribution in [2.75, 3.05) is 9.80 Å². The van der Waals surface area contributed by atoms with E-state index in [-0.39, 0.29) is 23.0 Å². The molecule has 0 N–H and O–H groups in total. The molecular formula is C61H57BN2. The van der Waals surface area contributed by atoms with Crippen molar-refractivity contribution in [3.63, 3.8) is 0 Å². The molecule has 2 nitrogen and oxygen atoms in total. The van der Waals surface area contributed by atoms with Crippen LogP contribution < -0.4 is 26.2 Å². The lowest BCUT2D eigenvalue weighted by Gasteiger charge is -2.48. The summed E-state index contributed by atoms with van der Waals surface area (Å²) >= 11 is 0. The predicted octanol–water partition coefficient (Wildman–Crippen LogP) is 14.7. The fourth-order valence-electron chi connectivity index (χ4n) is 10.9. The number of rotatable bonds is 5. The van der Waals surface area contributed by atoms with Crippen molar-refractivity contribution in [2.24, 2.45) is 0 Å². The summed E-state index contributed by atoms with van der Waals surface area (Å²) in [5.41, 5.74) is 20.3. The first-order chi connectivity index (χ1) is 32.0. The Labute approximate surface area is 385 Å². The molecule has 0 spiro atoms. The Balaban J connectivity index is 1.29. The van der Waals surface area contributed by atoms with Crippen LogP contribution in [-0.2, 0) is 16.2 Å². The van der Waals surface area contributed by atoms with Crippen LogP contribution in [0.5, 0.6) is 0 Å². The monoisotopic (exact) mass is 831 g/mol. The van der Waals surface area contributed by atoms with E-state index in [0.29, 0.717) is 5.56 Å². The second-order valence-electron chi connectivity index (χ2n) is 20.7. The molecule has 0 bridgehead atoms. The van der Waals surface area contributed by atoms with E-state index in [0.717, 1.165) is 85.8 Å². The summed E-state index contributed by atoms with van der Waals surface area (Å²) in [6.07, 6.45) is 2.18. The van der Waals surface area contributed by atoms with Gasteiger partial charge in [-0.2, -0.15) is 0 Å². The first-order valence-electron chi connectivity index (χ1n) is 24.5. The highest BCUT2D eigenvalue weighted by Gasteiger charge is 2.47. The van der Waals surface area contributed by atoms with E-state index in [1.165, 1.54) is 27.6 Å². The molecule has 0 atom stereocenters. The van der Waals surface area contributed by atoms with Gasteiger partial charge in [0.25, 0.3) is 6.71 Å². The normalized spacial score (nSPS) is 16.4. The number of aryl methyl sites for hydroxylation is 1. The van der Waals surface area contributed by atoms with Crippen LogP contribution in [0.4, 0.5) is 34.1 Å². The zero-order valence-electron chi connectivity index (χ0n) is 41.1. The topological polar surface area (TPSA) is 6.48 Å². The SMILES string of the molecule is [2H]C([2H])([2H])c1cc2c3c(c1)N(c1ccc(C(C)(C)C)cc1-c1ccccc1)c1cc4c(cc1B3c1ccc(-c3ccccc3)cc1N2c1cccc(-c2ccccc2)c1)C(C)(C)CCC4(C)C. The minimum absolute atomic E-state index is 0.0406. The lowest BCUT2D eigenvalue weighted by atomic mass is 9.33. The molecule has 0 fully saturated rings. The standard InChI is InChI=1S/C61H57BN2/c1-40-33-56-58-57(34-40)64(53-30-28-46(59(2,3)4)37-48(53)43-23-16-11-17-24-43)55-39-50-49(60(5,6)31-32-61(50,7)8)38-52(55)62(58)51-29-27-45(42-21-14-10-15-22-42)36-54(51)63(56)47-26-18-25-44(35-47)41-19-12-9-13-20-41/h9-30,33-39H,31-32H2,1-8H3/i1D3. The number of hydrogen-bond acceptors (Lipinski definition) is 2. The molecule has 1 aliphatic carbocycles. The largest absolute Gasteiger partial charge is 0.311 e. The lowest BCUT2D eigenvalue weighted by molar-refractivity contribution is 0.332. The first-order valence-corrected chi connectivity index (χ1v) is 23.0. The Hall–Kier alpha value is -6.58. The Kier molecular flexibility index (Phi) is 8.49. The number of benzene rings is 8. The van der Waals surface area contributed by atoms with Gasteiger partial charge in [-0.1, -0.05) is 176 Å². The maximum absolute atomic E-state index is 9.14. The molecule has 8 aromatic carbocycles. The lowest BCUT2D eigenvalue weighted by Crippen LogP contribution is -2.62. The third-order valence-electron chi connectivity index (χ3n) is 14.5. The van der Waals surface area contributed by atoms with Crippen molar-refractivity contribution in [2.45, 2.75) is 84.4 Å². The van der Waals surface area contributed by atoms with E-state index in [4.69, 9.17) is 4.11 Å². The van der Waals surface area contributed by atoms with Gasteiger partial charge >= 0.3 is 0 Å². The molecule has 0 saturated carbocycles. The molecule has 8 aromatic rings. The molecule has 2 aliphatic heterocycles. The van der Waals surface area contributed by atoms with Crippen LogP contribution in [-0.4, -0.2) is 6.71 Å². The predicted molar refractivity (Wildman–Crippen MR) is 275 cm³/mol. The van der Waals surface area contributed by atoms with E-state index in [9.17, 15) is 0 Å². The Bertz CT molecular complexity index is 3220. The van der Waals surface area contributed by atoms with Gasteiger partial charge in [0, 0.05) is 38.1 Å². The molecule has 314 valence electrons. The molecule has 0 radical (unpaired) electrons. The minimum Gasteiger partial charge on any atom is -0.311 e. The number of fused-ring (bicyclic) bond motifs is 5. The van der Waals surface area contributed by atoms with Crippen LogP contribution in [0.3, 0.4) is 0 Å². The second-order valence-corrected chi connectivity index (χ2v) is 20.7. The fourth-order valence-corrected chi connectivity index (χ4v) is 10.9. The van der Waals surface area contributed by atoms with Crippen molar-refractivity contribution in [1.29, 1.82) is 0 Å². The van der Waals surface area contributed by atoms with Gasteiger partial charge in [0.15, 0.2) is 0 Å². The minimum atomic E-state index is -2.39. The summed E-state index contributed by atoms with van der Waals surface area (Å²) in [6.45, 7) is 13.9. The summed E-state index contributed by atoms with van der Waals surface area (Å²) < 4.78 is 27.4. The highest BCUT2D eigenvalue weighted by Crippen LogP contribution is 2.52. The van der Waals surface area contributed by atoms with E-state index in [2.05, 4.69) is 222 Å². The maximum atomic E-state index is 9.14. The van der Waals surface area contributed by atoms with Crippen LogP contribution in [0.1, 0.15) is 87.7 Å². The molecule has 64 heavy (non-hydrogen) atoms. The smallest absolute Gasteiger partial charge is 0.252 e. The third kappa shape index (κ3) is 6.54. The quantitative estimate of drug-likeness (QED) is 0.159. The summed E-state index contributed by atoms with van der Waals surface area (Å²) in [5.74, 6) is 0. The van der Waals surface area contributed by atoms with Crippen molar-refractivity contribution < 1.29 is 4.11 Å². The van der Waals surface area contributed by atoms with E-state index in [1.807, 2.05) is 12.1 Å². The van der Waals surface area contributed by atoms with Crippen molar-refractivity contribution in [3.05, 3.63) is 198 Å². The average Bonchev–Trinajstić information content (AvgIpc) is 3.32. The van der Waals surface area contributed by atoms with Crippen LogP contribution in [0.15, 0.2) is 176 Å². The highest BCUT2D eigenvalue weighted by molar-refractivity contribution is 7.00. The van der Waals surface area contributed by atoms with Gasteiger partial charge in [0.2, 0.25) is 0 Å². The highest BCUT2D eigenvalue weighted by atomic mass is 15.2. The second kappa shape index (κ2) is 14.7. The van der Waals surface area contributed by atoms with Crippen molar-refractivity contribution >= 4 is 57.2 Å². The molecule has 0 amide bonds. The van der Waals surface area contributed by atoms with Crippen LogP contribution in [0, 0.1) is 6.85 Å². The van der Waals surface area contributed by atoms with Crippen LogP contribution in [0.2, 0.25) is 0 Å². The summed E-state index contributed by atoms with van der Waals surface area (Å²) in [7, 11) is 0. The molecule has 0 aromatic heterocycles. The van der Waals surface area contributed by atoms with Gasteiger partial charge in [0.05, 0.1) is 5.69 Å². The summed E-state index contributed by atoms with van der Waals surface area (Å²) in [5, 5.41) is 0. The Morgan fingerprint density at radius 1 is 0.469 bits per heavy atom. The van der Waals surface area contributed by atoms with Crippen molar-refractivity contribution in [1.82, 2.24) is 0 Å². The van der Waals surface area contributed by atoms with E-state index in [1.54, 1.807) is 0 Å². The number of anilines is 6. The summed E-state index contributed by atoms with van der Waals surface area (Å²) in [6, 6.07) is 63.5. The van der Waals surface area contributed by atoms with E-state index >= 15 is 0 Å². The molecule has 0 unspecified atom stereocenters. The number of nitrogens with zero attached hydrogens (tertiary/aromatic N) is 2. The van der Waals surface area contributed by atoms with Crippen LogP contribution >= 0.6 is 0 Å². The zero-order chi connectivity index (χ0) is 46.6. The molecule has 11 rings (SSSR count). The van der Waals surface area contributed by atoms with Crippen LogP contribution in [0.25, 0.3) is 33.4 Å². The van der Waals surface area contributed by atoms with Gasteiger partial charge in [-0.05, 0) is 151 Å². The van der Waals surface area contributed by atoms with Gasteiger partial charge in [0.1, 0.15) is 0 Å². The summed E-state index contributed by atoms with van der Waals surface area (Å²) in [4.78, 5) is 4.79. The van der Waals surface area contributed by atoms with Crippen molar-refractivity contribution in [3.8, 4) is 33.4 Å². The zero-order valence-corrected chi connectivity index (χ0v) is 38.1. The van der Waals surface area contributed by atoms with Gasteiger partial charge < -0.3 is 9.80 Å². The van der Waals surface area contributed by atoms with Gasteiger partial charge in [-0.15, -0.1) is 0 Å². The Morgan fingerprint density at radius 2 is 1.03 bits per heavy atom. The molecule has 2 heterocycles. The Morgan fingerprint density at radius 3 is 1.66 bits per heavy atom. The van der Waals surface area contributed by atoms with Gasteiger partial charge in [-0.3, -0.25) is 0 Å². The molecular weight excluding hydrogens is 771 g/mol. The fraction of sp³-hybridized carbons (Fsp3) is 0.213.